The molecular formula is C13H13N3O3S. The van der Waals surface area contributed by atoms with Crippen LogP contribution < -0.4 is 5.69 Å². The molecule has 0 aliphatic carbocycles. The first-order valence-corrected chi connectivity index (χ1v) is 7.54. The van der Waals surface area contributed by atoms with Crippen molar-refractivity contribution in [1.29, 1.82) is 5.26 Å². The normalized spacial score (nSPS) is 11.2. The highest BCUT2D eigenvalue weighted by Gasteiger charge is 2.15. The van der Waals surface area contributed by atoms with Crippen molar-refractivity contribution in [3.8, 4) is 6.07 Å². The maximum Gasteiger partial charge on any atom is 0.327 e. The predicted molar refractivity (Wildman–Crippen MR) is 72.9 cm³/mol. The molecule has 7 heteroatoms. The molecule has 0 N–H and O–H groups in total. The van der Waals surface area contributed by atoms with Crippen LogP contribution in [0.4, 0.5) is 0 Å². The van der Waals surface area contributed by atoms with Crippen LogP contribution in [0.2, 0.25) is 0 Å². The highest BCUT2D eigenvalue weighted by molar-refractivity contribution is 7.91. The Morgan fingerprint density at radius 2 is 2.05 bits per heavy atom. The average Bonchev–Trinajstić information content (AvgIpc) is 2.77. The second kappa shape index (κ2) is 5.35. The van der Waals surface area contributed by atoms with E-state index in [-0.39, 0.29) is 22.9 Å². The van der Waals surface area contributed by atoms with Gasteiger partial charge in [-0.2, -0.15) is 5.26 Å². The molecule has 0 saturated heterocycles. The third-order valence-electron chi connectivity index (χ3n) is 2.94. The molecule has 0 amide bonds. The fraction of sp³-hybridized carbons (Fsp3) is 0.231. The summed E-state index contributed by atoms with van der Waals surface area (Å²) in [5, 5.41) is 8.78. The molecule has 0 atom stereocenters. The Morgan fingerprint density at radius 3 is 2.65 bits per heavy atom. The third-order valence-corrected chi connectivity index (χ3v) is 4.63. The van der Waals surface area contributed by atoms with E-state index in [9.17, 15) is 13.2 Å². The molecular weight excluding hydrogens is 278 g/mol. The Kier molecular flexibility index (Phi) is 3.77. The van der Waals surface area contributed by atoms with Crippen molar-refractivity contribution in [2.24, 2.45) is 7.05 Å². The van der Waals surface area contributed by atoms with Crippen molar-refractivity contribution in [3.05, 3.63) is 52.7 Å². The lowest BCUT2D eigenvalue weighted by molar-refractivity contribution is 0.586. The molecule has 0 unspecified atom stereocenters. The number of nitriles is 1. The summed E-state index contributed by atoms with van der Waals surface area (Å²) in [5.74, 6) is -0.189. The molecule has 20 heavy (non-hydrogen) atoms. The molecule has 1 heterocycles. The van der Waals surface area contributed by atoms with Crippen LogP contribution in [-0.4, -0.2) is 23.3 Å². The van der Waals surface area contributed by atoms with E-state index < -0.39 is 9.84 Å². The van der Waals surface area contributed by atoms with Gasteiger partial charge in [0.2, 0.25) is 0 Å². The first kappa shape index (κ1) is 14.1. The zero-order valence-electron chi connectivity index (χ0n) is 10.9. The van der Waals surface area contributed by atoms with Gasteiger partial charge in [0.25, 0.3) is 0 Å². The zero-order chi connectivity index (χ0) is 14.8. The van der Waals surface area contributed by atoms with Crippen molar-refractivity contribution >= 4 is 9.84 Å². The fourth-order valence-corrected chi connectivity index (χ4v) is 3.04. The largest absolute Gasteiger partial charge is 0.327 e. The second-order valence-corrected chi connectivity index (χ2v) is 6.45. The Labute approximate surface area is 116 Å². The second-order valence-electron chi connectivity index (χ2n) is 4.34. The lowest BCUT2D eigenvalue weighted by Crippen LogP contribution is -2.25. The Balaban J connectivity index is 2.21. The smallest absolute Gasteiger partial charge is 0.302 e. The van der Waals surface area contributed by atoms with Crippen molar-refractivity contribution < 1.29 is 8.42 Å². The number of imidazole rings is 1. The van der Waals surface area contributed by atoms with Crippen LogP contribution in [0, 0.1) is 11.3 Å². The van der Waals surface area contributed by atoms with Gasteiger partial charge < -0.3 is 4.57 Å². The number of benzene rings is 1. The molecule has 2 aromatic rings. The van der Waals surface area contributed by atoms with Crippen LogP contribution in [0.25, 0.3) is 0 Å². The van der Waals surface area contributed by atoms with Crippen molar-refractivity contribution in [2.75, 3.05) is 5.75 Å². The molecule has 0 spiro atoms. The van der Waals surface area contributed by atoms with Gasteiger partial charge in [0.05, 0.1) is 22.3 Å². The molecule has 1 aromatic carbocycles. The first-order valence-electron chi connectivity index (χ1n) is 5.89. The maximum absolute atomic E-state index is 12.2. The fourth-order valence-electron chi connectivity index (χ4n) is 1.78. The molecule has 0 bridgehead atoms. The molecule has 0 fully saturated rings. The van der Waals surface area contributed by atoms with E-state index in [1.807, 2.05) is 6.07 Å². The van der Waals surface area contributed by atoms with Gasteiger partial charge in [-0.15, -0.1) is 0 Å². The maximum atomic E-state index is 12.2. The topological polar surface area (TPSA) is 84.9 Å². The van der Waals surface area contributed by atoms with Gasteiger partial charge in [-0.3, -0.25) is 4.57 Å². The lowest BCUT2D eigenvalue weighted by atomic mass is 10.2. The summed E-state index contributed by atoms with van der Waals surface area (Å²) in [6.45, 7) is 0.0821. The number of nitrogens with zero attached hydrogens (tertiary/aromatic N) is 3. The van der Waals surface area contributed by atoms with Crippen molar-refractivity contribution in [3.63, 3.8) is 0 Å². The summed E-state index contributed by atoms with van der Waals surface area (Å²) in [6, 6.07) is 7.76. The molecule has 0 aliphatic rings. The van der Waals surface area contributed by atoms with E-state index in [2.05, 4.69) is 0 Å². The van der Waals surface area contributed by atoms with Gasteiger partial charge in [-0.1, -0.05) is 6.07 Å². The quantitative estimate of drug-likeness (QED) is 0.822. The molecule has 0 radical (unpaired) electrons. The van der Waals surface area contributed by atoms with Gasteiger partial charge in [0.15, 0.2) is 9.84 Å². The van der Waals surface area contributed by atoms with Crippen molar-refractivity contribution in [1.82, 2.24) is 9.13 Å². The summed E-state index contributed by atoms with van der Waals surface area (Å²) in [6.07, 6.45) is 3.12. The van der Waals surface area contributed by atoms with Gasteiger partial charge in [0, 0.05) is 26.0 Å². The third kappa shape index (κ3) is 2.81. The predicted octanol–water partition coefficient (Wildman–Crippen LogP) is 0.532. The van der Waals surface area contributed by atoms with Crippen LogP contribution in [0.1, 0.15) is 5.56 Å². The highest BCUT2D eigenvalue weighted by Crippen LogP contribution is 2.13. The summed E-state index contributed by atoms with van der Waals surface area (Å²) >= 11 is 0. The number of sulfone groups is 1. The Bertz CT molecular complexity index is 825. The molecule has 6 nitrogen and oxygen atoms in total. The van der Waals surface area contributed by atoms with Crippen LogP contribution in [0.5, 0.6) is 0 Å². The van der Waals surface area contributed by atoms with Crippen LogP contribution in [-0.2, 0) is 23.4 Å². The van der Waals surface area contributed by atoms with Crippen LogP contribution in [0.3, 0.4) is 0 Å². The molecule has 104 valence electrons. The monoisotopic (exact) mass is 291 g/mol. The average molecular weight is 291 g/mol. The number of rotatable bonds is 4. The summed E-state index contributed by atoms with van der Waals surface area (Å²) in [7, 11) is -1.92. The number of hydrogen-bond acceptors (Lipinski definition) is 4. The summed E-state index contributed by atoms with van der Waals surface area (Å²) in [5.41, 5.74) is 0.0360. The number of hydrogen-bond donors (Lipinski definition) is 0. The first-order chi connectivity index (χ1) is 9.44. The summed E-state index contributed by atoms with van der Waals surface area (Å²) in [4.78, 5) is 11.7. The van der Waals surface area contributed by atoms with E-state index in [0.717, 1.165) is 0 Å². The van der Waals surface area contributed by atoms with Gasteiger partial charge in [0.1, 0.15) is 0 Å². The number of aryl methyl sites for hydroxylation is 2. The zero-order valence-corrected chi connectivity index (χ0v) is 11.7. The molecule has 0 aliphatic heterocycles. The van der Waals surface area contributed by atoms with Gasteiger partial charge in [-0.05, 0) is 18.2 Å². The van der Waals surface area contributed by atoms with E-state index >= 15 is 0 Å². The standard InChI is InChI=1S/C13H13N3O3S/c1-15-5-6-16(13(15)17)7-8-20(18,19)12-4-2-3-11(9-12)10-14/h2-6,9H,7-8H2,1H3. The number of aromatic nitrogens is 2. The Hall–Kier alpha value is -2.33. The highest BCUT2D eigenvalue weighted by atomic mass is 32.2. The van der Waals surface area contributed by atoms with Crippen LogP contribution in [0.15, 0.2) is 46.3 Å². The Morgan fingerprint density at radius 1 is 1.30 bits per heavy atom. The van der Waals surface area contributed by atoms with Crippen molar-refractivity contribution in [2.45, 2.75) is 11.4 Å². The SMILES string of the molecule is Cn1ccn(CCS(=O)(=O)c2cccc(C#N)c2)c1=O. The van der Waals surface area contributed by atoms with E-state index in [0.29, 0.717) is 5.56 Å². The minimum absolute atomic E-state index is 0.0821. The minimum Gasteiger partial charge on any atom is -0.302 e. The molecule has 0 saturated carbocycles. The van der Waals surface area contributed by atoms with E-state index in [4.69, 9.17) is 5.26 Å². The molecule has 1 aromatic heterocycles. The summed E-state index contributed by atoms with van der Waals surface area (Å²) < 4.78 is 27.0. The van der Waals surface area contributed by atoms with Gasteiger partial charge >= 0.3 is 5.69 Å². The van der Waals surface area contributed by atoms with E-state index in [1.54, 1.807) is 25.5 Å². The lowest BCUT2D eigenvalue weighted by Gasteiger charge is -2.05. The minimum atomic E-state index is -3.52. The molecule has 2 rings (SSSR count). The van der Waals surface area contributed by atoms with Crippen LogP contribution >= 0.6 is 0 Å². The van der Waals surface area contributed by atoms with Gasteiger partial charge in [-0.25, -0.2) is 13.2 Å². The van der Waals surface area contributed by atoms with E-state index in [1.165, 1.54) is 27.3 Å².